The van der Waals surface area contributed by atoms with Crippen molar-refractivity contribution in [3.05, 3.63) is 24.1 Å². The van der Waals surface area contributed by atoms with Gasteiger partial charge in [0.2, 0.25) is 0 Å². The van der Waals surface area contributed by atoms with Crippen molar-refractivity contribution in [3.8, 4) is 0 Å². The number of alkyl halides is 1. The Hall–Kier alpha value is -0.680. The first-order valence-corrected chi connectivity index (χ1v) is 5.96. The van der Waals surface area contributed by atoms with Gasteiger partial charge in [-0.15, -0.1) is 0 Å². The lowest BCUT2D eigenvalue weighted by Gasteiger charge is -2.32. The summed E-state index contributed by atoms with van der Waals surface area (Å²) in [6.07, 6.45) is 1.72. The third-order valence-corrected chi connectivity index (χ3v) is 3.07. The average Bonchev–Trinajstić information content (AvgIpc) is 2.30. The molecule has 0 radical (unpaired) electrons. The van der Waals surface area contributed by atoms with E-state index in [4.69, 9.17) is 4.74 Å². The third kappa shape index (κ3) is 2.46. The Morgan fingerprint density at radius 3 is 3.27 bits per heavy atom. The van der Waals surface area contributed by atoms with Crippen LogP contribution in [-0.2, 0) is 4.74 Å². The lowest BCUT2D eigenvalue weighted by molar-refractivity contribution is 0.0565. The lowest BCUT2D eigenvalue weighted by Crippen LogP contribution is -2.44. The van der Waals surface area contributed by atoms with Crippen LogP contribution in [0.5, 0.6) is 0 Å². The van der Waals surface area contributed by atoms with Gasteiger partial charge in [-0.2, -0.15) is 0 Å². The Kier molecular flexibility index (Phi) is 3.53. The van der Waals surface area contributed by atoms with Crippen molar-refractivity contribution >= 4 is 21.7 Å². The van der Waals surface area contributed by atoms with Crippen molar-refractivity contribution < 1.29 is 9.13 Å². The van der Waals surface area contributed by atoms with Gasteiger partial charge in [0.1, 0.15) is 0 Å². The van der Waals surface area contributed by atoms with E-state index in [-0.39, 0.29) is 11.9 Å². The molecule has 3 nitrogen and oxygen atoms in total. The fourth-order valence-corrected chi connectivity index (χ4v) is 2.01. The minimum Gasteiger partial charge on any atom is -0.374 e. The molecule has 2 rings (SSSR count). The van der Waals surface area contributed by atoms with E-state index < -0.39 is 0 Å². The molecular weight excluding hydrogens is 263 g/mol. The van der Waals surface area contributed by atoms with Crippen molar-refractivity contribution in [1.29, 1.82) is 0 Å². The zero-order valence-electron chi connectivity index (χ0n) is 8.20. The summed E-state index contributed by atoms with van der Waals surface area (Å²) in [5.74, 6) is 0.152. The van der Waals surface area contributed by atoms with E-state index in [9.17, 15) is 4.39 Å². The molecule has 1 fully saturated rings. The molecule has 0 bridgehead atoms. The van der Waals surface area contributed by atoms with Gasteiger partial charge in [-0.25, -0.2) is 9.37 Å². The number of halogens is 2. The average molecular weight is 275 g/mol. The molecule has 1 atom stereocenters. The zero-order valence-corrected chi connectivity index (χ0v) is 9.78. The largest absolute Gasteiger partial charge is 0.374 e. The van der Waals surface area contributed by atoms with Crippen LogP contribution in [0.4, 0.5) is 10.2 Å². The van der Waals surface area contributed by atoms with Crippen LogP contribution >= 0.6 is 15.9 Å². The maximum atomic E-state index is 13.4. The van der Waals surface area contributed by atoms with Crippen molar-refractivity contribution in [2.24, 2.45) is 0 Å². The van der Waals surface area contributed by atoms with Crippen LogP contribution in [0.25, 0.3) is 0 Å². The van der Waals surface area contributed by atoms with Gasteiger partial charge in [-0.1, -0.05) is 15.9 Å². The summed E-state index contributed by atoms with van der Waals surface area (Å²) < 4.78 is 18.9. The summed E-state index contributed by atoms with van der Waals surface area (Å²) in [7, 11) is 0. The SMILES string of the molecule is Fc1cccnc1N1CCOC(CBr)C1. The quantitative estimate of drug-likeness (QED) is 0.770. The Balaban J connectivity index is 2.13. The van der Waals surface area contributed by atoms with Gasteiger partial charge in [0.05, 0.1) is 12.7 Å². The van der Waals surface area contributed by atoms with Crippen LogP contribution in [0.1, 0.15) is 0 Å². The summed E-state index contributed by atoms with van der Waals surface area (Å²) in [4.78, 5) is 5.97. The Morgan fingerprint density at radius 2 is 2.53 bits per heavy atom. The second-order valence-electron chi connectivity index (χ2n) is 3.40. The zero-order chi connectivity index (χ0) is 10.7. The first kappa shape index (κ1) is 10.8. The van der Waals surface area contributed by atoms with Gasteiger partial charge < -0.3 is 9.64 Å². The molecule has 2 heterocycles. The van der Waals surface area contributed by atoms with E-state index in [1.165, 1.54) is 6.07 Å². The highest BCUT2D eigenvalue weighted by atomic mass is 79.9. The molecule has 15 heavy (non-hydrogen) atoms. The van der Waals surface area contributed by atoms with Crippen molar-refractivity contribution in [2.45, 2.75) is 6.10 Å². The molecule has 0 amide bonds. The van der Waals surface area contributed by atoms with E-state index >= 15 is 0 Å². The topological polar surface area (TPSA) is 25.4 Å². The third-order valence-electron chi connectivity index (χ3n) is 2.35. The minimum absolute atomic E-state index is 0.111. The first-order chi connectivity index (χ1) is 7.31. The number of hydrogen-bond donors (Lipinski definition) is 0. The van der Waals surface area contributed by atoms with Gasteiger partial charge in [-0.05, 0) is 12.1 Å². The Labute approximate surface area is 96.4 Å². The molecule has 1 aromatic heterocycles. The van der Waals surface area contributed by atoms with E-state index in [0.717, 1.165) is 5.33 Å². The van der Waals surface area contributed by atoms with Gasteiger partial charge in [0, 0.05) is 24.6 Å². The highest BCUT2D eigenvalue weighted by molar-refractivity contribution is 9.09. The molecule has 0 aliphatic carbocycles. The summed E-state index contributed by atoms with van der Waals surface area (Å²) in [5.41, 5.74) is 0. The molecule has 82 valence electrons. The van der Waals surface area contributed by atoms with Crippen LogP contribution in [0, 0.1) is 5.82 Å². The molecule has 0 N–H and O–H groups in total. The second-order valence-corrected chi connectivity index (χ2v) is 4.05. The Morgan fingerprint density at radius 1 is 1.67 bits per heavy atom. The number of nitrogens with zero attached hydrogens (tertiary/aromatic N) is 2. The number of anilines is 1. The minimum atomic E-state index is -0.271. The molecule has 1 aromatic rings. The van der Waals surface area contributed by atoms with Gasteiger partial charge in [0.25, 0.3) is 0 Å². The number of aromatic nitrogens is 1. The van der Waals surface area contributed by atoms with E-state index in [0.29, 0.717) is 25.5 Å². The maximum Gasteiger partial charge on any atom is 0.165 e. The summed E-state index contributed by atoms with van der Waals surface area (Å²) >= 11 is 3.36. The molecule has 5 heteroatoms. The highest BCUT2D eigenvalue weighted by Gasteiger charge is 2.22. The van der Waals surface area contributed by atoms with E-state index in [1.54, 1.807) is 12.3 Å². The molecule has 0 saturated carbocycles. The normalized spacial score (nSPS) is 21.7. The fourth-order valence-electron chi connectivity index (χ4n) is 1.62. The van der Waals surface area contributed by atoms with Gasteiger partial charge in [0.15, 0.2) is 11.6 Å². The van der Waals surface area contributed by atoms with Crippen LogP contribution in [0.3, 0.4) is 0 Å². The van der Waals surface area contributed by atoms with Crippen molar-refractivity contribution in [1.82, 2.24) is 4.98 Å². The van der Waals surface area contributed by atoms with Gasteiger partial charge in [-0.3, -0.25) is 0 Å². The second kappa shape index (κ2) is 4.90. The van der Waals surface area contributed by atoms with Crippen molar-refractivity contribution in [3.63, 3.8) is 0 Å². The van der Waals surface area contributed by atoms with Gasteiger partial charge >= 0.3 is 0 Å². The smallest absolute Gasteiger partial charge is 0.165 e. The molecule has 0 spiro atoms. The molecule has 0 aromatic carbocycles. The summed E-state index contributed by atoms with van der Waals surface area (Å²) in [6, 6.07) is 3.03. The van der Waals surface area contributed by atoms with Crippen LogP contribution in [0.15, 0.2) is 18.3 Å². The number of pyridine rings is 1. The first-order valence-electron chi connectivity index (χ1n) is 4.84. The van der Waals surface area contributed by atoms with Crippen LogP contribution < -0.4 is 4.90 Å². The number of ether oxygens (including phenoxy) is 1. The lowest BCUT2D eigenvalue weighted by atomic mass is 10.3. The molecule has 1 aliphatic heterocycles. The van der Waals surface area contributed by atoms with Crippen molar-refractivity contribution in [2.75, 3.05) is 29.9 Å². The monoisotopic (exact) mass is 274 g/mol. The molecular formula is C10H12BrFN2O. The Bertz CT molecular complexity index is 337. The molecule has 1 aliphatic rings. The number of morpholine rings is 1. The number of hydrogen-bond acceptors (Lipinski definition) is 3. The predicted octanol–water partition coefficient (Wildman–Crippen LogP) is 1.82. The highest BCUT2D eigenvalue weighted by Crippen LogP contribution is 2.18. The summed E-state index contributed by atoms with van der Waals surface area (Å²) in [5, 5.41) is 0.762. The molecule has 1 saturated heterocycles. The predicted molar refractivity (Wildman–Crippen MR) is 59.9 cm³/mol. The molecule has 1 unspecified atom stereocenters. The van der Waals surface area contributed by atoms with E-state index in [2.05, 4.69) is 20.9 Å². The fraction of sp³-hybridized carbons (Fsp3) is 0.500. The number of rotatable bonds is 2. The maximum absolute atomic E-state index is 13.4. The van der Waals surface area contributed by atoms with E-state index in [1.807, 2.05) is 4.90 Å². The van der Waals surface area contributed by atoms with Crippen LogP contribution in [0.2, 0.25) is 0 Å². The summed E-state index contributed by atoms with van der Waals surface area (Å²) in [6.45, 7) is 1.99. The van der Waals surface area contributed by atoms with Crippen LogP contribution in [-0.4, -0.2) is 36.1 Å². The standard InChI is InChI=1S/C10H12BrFN2O/c11-6-8-7-14(4-5-15-8)10-9(12)2-1-3-13-10/h1-3,8H,4-7H2.